The Hall–Kier alpha value is -3.19. The third-order valence-corrected chi connectivity index (χ3v) is 3.84. The van der Waals surface area contributed by atoms with Crippen LogP contribution in [-0.2, 0) is 9.53 Å². The number of rotatable bonds is 5. The van der Waals surface area contributed by atoms with Gasteiger partial charge in [0, 0.05) is 11.5 Å². The molecule has 0 spiro atoms. The second-order valence-electron chi connectivity index (χ2n) is 5.66. The number of aryl methyl sites for hydroxylation is 2. The average molecular weight is 350 g/mol. The highest BCUT2D eigenvalue weighted by molar-refractivity contribution is 5.89. The zero-order valence-electron chi connectivity index (χ0n) is 15.5. The van der Waals surface area contributed by atoms with Gasteiger partial charge in [-0.15, -0.1) is 0 Å². The first-order valence-electron chi connectivity index (χ1n) is 8.18. The van der Waals surface area contributed by atoms with E-state index in [1.165, 1.54) is 5.56 Å². The molecule has 0 atom stereocenters. The fraction of sp³-hybridized carbons (Fsp3) is 0.227. The molecule has 134 valence electrons. The van der Waals surface area contributed by atoms with Gasteiger partial charge in [0.05, 0.1) is 14.2 Å². The van der Waals surface area contributed by atoms with Crippen LogP contribution in [0.3, 0.4) is 0 Å². The predicted molar refractivity (Wildman–Crippen MR) is 102 cm³/mol. The second kappa shape index (κ2) is 9.33. The van der Waals surface area contributed by atoms with Crippen LogP contribution >= 0.6 is 0 Å². The molecule has 2 aromatic carbocycles. The number of methoxy groups -OCH3 is 2. The summed E-state index contributed by atoms with van der Waals surface area (Å²) in [5.74, 6) is 6.07. The maximum Gasteiger partial charge on any atom is 0.385 e. The van der Waals surface area contributed by atoms with Crippen LogP contribution in [0.4, 0.5) is 0 Å². The van der Waals surface area contributed by atoms with Crippen LogP contribution < -0.4 is 9.47 Å². The topological polar surface area (TPSA) is 44.8 Å². The predicted octanol–water partition coefficient (Wildman–Crippen LogP) is 3.93. The smallest absolute Gasteiger partial charge is 0.385 e. The minimum Gasteiger partial charge on any atom is -0.493 e. The van der Waals surface area contributed by atoms with E-state index in [2.05, 4.69) is 11.8 Å². The Kier molecular flexibility index (Phi) is 6.87. The fourth-order valence-corrected chi connectivity index (χ4v) is 2.24. The van der Waals surface area contributed by atoms with E-state index in [0.717, 1.165) is 16.7 Å². The van der Waals surface area contributed by atoms with Crippen LogP contribution in [0.25, 0.3) is 6.08 Å². The summed E-state index contributed by atoms with van der Waals surface area (Å²) in [5.41, 5.74) is 4.05. The van der Waals surface area contributed by atoms with Gasteiger partial charge in [0.1, 0.15) is 6.61 Å². The van der Waals surface area contributed by atoms with Gasteiger partial charge in [-0.2, -0.15) is 0 Å². The highest BCUT2D eigenvalue weighted by Gasteiger charge is 2.02. The van der Waals surface area contributed by atoms with Crippen LogP contribution in [0.2, 0.25) is 0 Å². The summed E-state index contributed by atoms with van der Waals surface area (Å²) in [7, 11) is 3.17. The van der Waals surface area contributed by atoms with Gasteiger partial charge < -0.3 is 14.2 Å². The van der Waals surface area contributed by atoms with E-state index in [1.807, 2.05) is 56.3 Å². The van der Waals surface area contributed by atoms with Gasteiger partial charge in [-0.1, -0.05) is 24.1 Å². The molecule has 4 nitrogen and oxygen atoms in total. The highest BCUT2D eigenvalue weighted by Crippen LogP contribution is 2.27. The number of benzene rings is 2. The van der Waals surface area contributed by atoms with Gasteiger partial charge in [0.2, 0.25) is 0 Å². The Labute approximate surface area is 154 Å². The summed E-state index contributed by atoms with van der Waals surface area (Å²) in [6.45, 7) is 4.19. The van der Waals surface area contributed by atoms with Crippen molar-refractivity contribution in [2.75, 3.05) is 20.8 Å². The monoisotopic (exact) mass is 350 g/mol. The lowest BCUT2D eigenvalue weighted by atomic mass is 10.1. The molecule has 4 heteroatoms. The van der Waals surface area contributed by atoms with Crippen molar-refractivity contribution >= 4 is 12.0 Å². The van der Waals surface area contributed by atoms with Crippen molar-refractivity contribution < 1.29 is 19.0 Å². The van der Waals surface area contributed by atoms with Crippen molar-refractivity contribution in [1.82, 2.24) is 0 Å². The molecule has 0 amide bonds. The molecule has 0 fully saturated rings. The van der Waals surface area contributed by atoms with Crippen LogP contribution in [0.5, 0.6) is 11.5 Å². The minimum atomic E-state index is -0.555. The molecule has 26 heavy (non-hydrogen) atoms. The standard InChI is InChI=1S/C22H22O4/c1-16-7-8-19(14-17(16)2)10-12-22(23)26-13-5-6-18-9-11-20(24-3)21(15-18)25-4/h5-9,11,14-15H,13H2,1-4H3/b6-5+. The van der Waals surface area contributed by atoms with Gasteiger partial charge in [-0.25, -0.2) is 4.79 Å². The summed E-state index contributed by atoms with van der Waals surface area (Å²) in [4.78, 5) is 11.7. The first kappa shape index (κ1) is 19.1. The molecule has 0 aliphatic carbocycles. The van der Waals surface area contributed by atoms with Crippen molar-refractivity contribution in [3.8, 4) is 23.3 Å². The van der Waals surface area contributed by atoms with Crippen LogP contribution in [-0.4, -0.2) is 26.8 Å². The molecule has 0 aliphatic rings. The first-order chi connectivity index (χ1) is 12.5. The quantitative estimate of drug-likeness (QED) is 0.605. The normalized spacial score (nSPS) is 10.2. The lowest BCUT2D eigenvalue weighted by Crippen LogP contribution is -2.00. The summed E-state index contributed by atoms with van der Waals surface area (Å²) in [6, 6.07) is 11.4. The Morgan fingerprint density at radius 1 is 1.00 bits per heavy atom. The molecular formula is C22H22O4. The average Bonchev–Trinajstić information content (AvgIpc) is 2.66. The van der Waals surface area contributed by atoms with E-state index in [1.54, 1.807) is 20.3 Å². The van der Waals surface area contributed by atoms with Gasteiger partial charge in [-0.3, -0.25) is 0 Å². The van der Waals surface area contributed by atoms with Gasteiger partial charge in [0.25, 0.3) is 0 Å². The molecule has 0 saturated heterocycles. The van der Waals surface area contributed by atoms with Crippen molar-refractivity contribution in [3.05, 3.63) is 64.7 Å². The van der Waals surface area contributed by atoms with E-state index in [4.69, 9.17) is 14.2 Å². The maximum absolute atomic E-state index is 11.7. The van der Waals surface area contributed by atoms with Crippen LogP contribution in [0.1, 0.15) is 22.3 Å². The molecule has 0 bridgehead atoms. The second-order valence-corrected chi connectivity index (χ2v) is 5.66. The van der Waals surface area contributed by atoms with Crippen LogP contribution in [0, 0.1) is 25.7 Å². The minimum absolute atomic E-state index is 0.148. The van der Waals surface area contributed by atoms with E-state index in [9.17, 15) is 4.79 Å². The van der Waals surface area contributed by atoms with Crippen molar-refractivity contribution in [2.24, 2.45) is 0 Å². The number of hydrogen-bond donors (Lipinski definition) is 0. The third kappa shape index (κ3) is 5.42. The largest absolute Gasteiger partial charge is 0.493 e. The zero-order valence-corrected chi connectivity index (χ0v) is 15.5. The SMILES string of the molecule is COc1ccc(/C=C/COC(=O)C#Cc2ccc(C)c(C)c2)cc1OC. The molecule has 0 N–H and O–H groups in total. The van der Waals surface area contributed by atoms with Crippen LogP contribution in [0.15, 0.2) is 42.5 Å². The molecule has 0 saturated carbocycles. The lowest BCUT2D eigenvalue weighted by molar-refractivity contribution is -0.135. The van der Waals surface area contributed by atoms with Crippen molar-refractivity contribution in [2.45, 2.75) is 13.8 Å². The molecule has 2 aromatic rings. The number of carbonyl (C=O) groups is 1. The summed E-state index contributed by atoms with van der Waals surface area (Å²) < 4.78 is 15.5. The number of carbonyl (C=O) groups excluding carboxylic acids is 1. The number of hydrogen-bond acceptors (Lipinski definition) is 4. The zero-order chi connectivity index (χ0) is 18.9. The van der Waals surface area contributed by atoms with E-state index in [0.29, 0.717) is 11.5 Å². The Morgan fingerprint density at radius 3 is 2.46 bits per heavy atom. The van der Waals surface area contributed by atoms with Crippen molar-refractivity contribution in [1.29, 1.82) is 0 Å². The summed E-state index contributed by atoms with van der Waals surface area (Å²) >= 11 is 0. The van der Waals surface area contributed by atoms with E-state index in [-0.39, 0.29) is 6.61 Å². The van der Waals surface area contributed by atoms with Gasteiger partial charge in [0.15, 0.2) is 11.5 Å². The first-order valence-corrected chi connectivity index (χ1v) is 8.18. The molecule has 0 aliphatic heterocycles. The molecular weight excluding hydrogens is 328 g/mol. The Balaban J connectivity index is 1.89. The number of ether oxygens (including phenoxy) is 3. The lowest BCUT2D eigenvalue weighted by Gasteiger charge is -2.07. The van der Waals surface area contributed by atoms with Crippen molar-refractivity contribution in [3.63, 3.8) is 0 Å². The molecule has 0 unspecified atom stereocenters. The van der Waals surface area contributed by atoms with E-state index >= 15 is 0 Å². The Bertz CT molecular complexity index is 869. The number of esters is 1. The Morgan fingerprint density at radius 2 is 1.77 bits per heavy atom. The fourth-order valence-electron chi connectivity index (χ4n) is 2.24. The maximum atomic E-state index is 11.7. The summed E-state index contributed by atoms with van der Waals surface area (Å²) in [6.07, 6.45) is 3.59. The van der Waals surface area contributed by atoms with Gasteiger partial charge >= 0.3 is 5.97 Å². The third-order valence-electron chi connectivity index (χ3n) is 3.84. The molecule has 0 heterocycles. The van der Waals surface area contributed by atoms with Gasteiger partial charge in [-0.05, 0) is 60.9 Å². The summed E-state index contributed by atoms with van der Waals surface area (Å²) in [5, 5.41) is 0. The molecule has 0 aromatic heterocycles. The molecule has 0 radical (unpaired) electrons. The van der Waals surface area contributed by atoms with E-state index < -0.39 is 5.97 Å². The molecule has 2 rings (SSSR count). The highest BCUT2D eigenvalue weighted by atomic mass is 16.5.